The number of hydrogen-bond acceptors (Lipinski definition) is 4. The third-order valence-electron chi connectivity index (χ3n) is 4.43. The van der Waals surface area contributed by atoms with E-state index < -0.39 is 0 Å². The van der Waals surface area contributed by atoms with Gasteiger partial charge >= 0.3 is 0 Å². The fourth-order valence-electron chi connectivity index (χ4n) is 2.97. The highest BCUT2D eigenvalue weighted by Gasteiger charge is 2.25. The number of fused-ring (bicyclic) bond motifs is 1. The third kappa shape index (κ3) is 4.86. The summed E-state index contributed by atoms with van der Waals surface area (Å²) >= 11 is 0. The van der Waals surface area contributed by atoms with E-state index in [0.717, 1.165) is 24.2 Å². The molecule has 27 heavy (non-hydrogen) atoms. The maximum absolute atomic E-state index is 12.3. The minimum atomic E-state index is -0.0758. The van der Waals surface area contributed by atoms with Gasteiger partial charge in [0.15, 0.2) is 6.61 Å². The molecule has 1 heterocycles. The van der Waals surface area contributed by atoms with Gasteiger partial charge in [0.25, 0.3) is 11.8 Å². The van der Waals surface area contributed by atoms with Gasteiger partial charge in [0, 0.05) is 12.1 Å². The quantitative estimate of drug-likeness (QED) is 0.763. The normalized spacial score (nSPS) is 13.3. The number of carbonyl (C=O) groups is 2. The molecule has 2 amide bonds. The van der Waals surface area contributed by atoms with Crippen molar-refractivity contribution in [3.63, 3.8) is 0 Å². The molecular formula is C21H25N3O3. The predicted molar refractivity (Wildman–Crippen MR) is 105 cm³/mol. The number of amides is 2. The van der Waals surface area contributed by atoms with E-state index in [-0.39, 0.29) is 18.4 Å². The monoisotopic (exact) mass is 367 g/mol. The molecule has 3 rings (SSSR count). The first-order valence-electron chi connectivity index (χ1n) is 9.08. The van der Waals surface area contributed by atoms with Crippen LogP contribution in [0.4, 0.5) is 5.69 Å². The zero-order valence-electron chi connectivity index (χ0n) is 15.8. The molecule has 1 aliphatic heterocycles. The molecule has 0 aliphatic carbocycles. The summed E-state index contributed by atoms with van der Waals surface area (Å²) in [7, 11) is 4.02. The fourth-order valence-corrected chi connectivity index (χ4v) is 2.97. The Morgan fingerprint density at radius 1 is 1.15 bits per heavy atom. The van der Waals surface area contributed by atoms with E-state index in [1.807, 2.05) is 50.5 Å². The number of carbonyl (C=O) groups excluding carboxylic acids is 2. The predicted octanol–water partition coefficient (Wildman–Crippen LogP) is 2.29. The summed E-state index contributed by atoms with van der Waals surface area (Å²) < 4.78 is 5.47. The minimum Gasteiger partial charge on any atom is -0.482 e. The highest BCUT2D eigenvalue weighted by Crippen LogP contribution is 2.32. The molecule has 0 radical (unpaired) electrons. The number of anilines is 1. The average molecular weight is 367 g/mol. The first kappa shape index (κ1) is 18.9. The van der Waals surface area contributed by atoms with Gasteiger partial charge < -0.3 is 19.9 Å². The molecule has 6 nitrogen and oxygen atoms in total. The zero-order valence-corrected chi connectivity index (χ0v) is 15.8. The Kier molecular flexibility index (Phi) is 6.08. The van der Waals surface area contributed by atoms with Crippen LogP contribution in [0.15, 0.2) is 48.5 Å². The van der Waals surface area contributed by atoms with Crippen molar-refractivity contribution < 1.29 is 14.3 Å². The molecule has 6 heteroatoms. The van der Waals surface area contributed by atoms with Crippen molar-refractivity contribution in [2.75, 3.05) is 38.7 Å². The summed E-state index contributed by atoms with van der Waals surface area (Å²) in [6.07, 6.45) is 0.912. The molecule has 1 N–H and O–H groups in total. The highest BCUT2D eigenvalue weighted by molar-refractivity contribution is 5.98. The Morgan fingerprint density at radius 2 is 1.89 bits per heavy atom. The van der Waals surface area contributed by atoms with E-state index in [1.165, 1.54) is 0 Å². The second-order valence-electron chi connectivity index (χ2n) is 6.85. The summed E-state index contributed by atoms with van der Waals surface area (Å²) in [4.78, 5) is 28.3. The lowest BCUT2D eigenvalue weighted by Gasteiger charge is -2.29. The molecule has 0 saturated carbocycles. The van der Waals surface area contributed by atoms with E-state index in [4.69, 9.17) is 4.74 Å². The van der Waals surface area contributed by atoms with Crippen LogP contribution in [0, 0.1) is 0 Å². The van der Waals surface area contributed by atoms with Crippen molar-refractivity contribution in [1.82, 2.24) is 10.2 Å². The van der Waals surface area contributed by atoms with E-state index >= 15 is 0 Å². The number of nitrogens with zero attached hydrogens (tertiary/aromatic N) is 2. The van der Waals surface area contributed by atoms with Gasteiger partial charge in [-0.05, 0) is 56.9 Å². The molecule has 0 fully saturated rings. The Hall–Kier alpha value is -2.86. The molecule has 0 spiro atoms. The van der Waals surface area contributed by atoms with Gasteiger partial charge in [-0.1, -0.05) is 24.3 Å². The third-order valence-corrected chi connectivity index (χ3v) is 4.43. The van der Waals surface area contributed by atoms with Gasteiger partial charge in [0.1, 0.15) is 5.75 Å². The van der Waals surface area contributed by atoms with Crippen molar-refractivity contribution in [2.24, 2.45) is 0 Å². The number of hydrogen-bond donors (Lipinski definition) is 1. The molecular weight excluding hydrogens is 342 g/mol. The van der Waals surface area contributed by atoms with Crippen LogP contribution < -0.4 is 15.0 Å². The maximum atomic E-state index is 12.3. The standard InChI is InChI=1S/C21H25N3O3/c1-23(2)13-5-12-22-21(26)17-10-8-16(9-11-17)14-24-18-6-3-4-7-19(18)27-15-20(24)25/h3-4,6-11H,5,12-15H2,1-2H3,(H,22,26). The van der Waals surface area contributed by atoms with Crippen molar-refractivity contribution in [3.8, 4) is 5.75 Å². The van der Waals surface area contributed by atoms with Crippen molar-refractivity contribution in [1.29, 1.82) is 0 Å². The average Bonchev–Trinajstić information content (AvgIpc) is 2.67. The maximum Gasteiger partial charge on any atom is 0.265 e. The SMILES string of the molecule is CN(C)CCCNC(=O)c1ccc(CN2C(=O)COc3ccccc32)cc1. The summed E-state index contributed by atoms with van der Waals surface area (Å²) in [5.74, 6) is 0.565. The largest absolute Gasteiger partial charge is 0.482 e. The highest BCUT2D eigenvalue weighted by atomic mass is 16.5. The van der Waals surface area contributed by atoms with Crippen LogP contribution in [0.25, 0.3) is 0 Å². The Bertz CT molecular complexity index is 803. The van der Waals surface area contributed by atoms with Crippen molar-refractivity contribution in [3.05, 3.63) is 59.7 Å². The van der Waals surface area contributed by atoms with Crippen molar-refractivity contribution in [2.45, 2.75) is 13.0 Å². The first-order chi connectivity index (χ1) is 13.0. The molecule has 1 aliphatic rings. The molecule has 0 saturated heterocycles. The van der Waals surface area contributed by atoms with Gasteiger partial charge in [-0.25, -0.2) is 0 Å². The number of rotatable bonds is 7. The Labute approximate surface area is 159 Å². The molecule has 0 unspecified atom stereocenters. The second-order valence-corrected chi connectivity index (χ2v) is 6.85. The zero-order chi connectivity index (χ0) is 19.2. The molecule has 0 aromatic heterocycles. The number of benzene rings is 2. The number of nitrogens with one attached hydrogen (secondary N) is 1. The Morgan fingerprint density at radius 3 is 2.63 bits per heavy atom. The van der Waals surface area contributed by atoms with Crippen LogP contribution in [-0.2, 0) is 11.3 Å². The lowest BCUT2D eigenvalue weighted by molar-refractivity contribution is -0.121. The van der Waals surface area contributed by atoms with Gasteiger partial charge in [0.05, 0.1) is 12.2 Å². The molecule has 142 valence electrons. The fraction of sp³-hybridized carbons (Fsp3) is 0.333. The minimum absolute atomic E-state index is 0.0461. The summed E-state index contributed by atoms with van der Waals surface area (Å²) in [5.41, 5.74) is 2.36. The topological polar surface area (TPSA) is 61.9 Å². The molecule has 2 aromatic rings. The van der Waals surface area contributed by atoms with Gasteiger partial charge in [-0.2, -0.15) is 0 Å². The van der Waals surface area contributed by atoms with E-state index in [1.54, 1.807) is 17.0 Å². The van der Waals surface area contributed by atoms with Gasteiger partial charge in [-0.3, -0.25) is 9.59 Å². The summed E-state index contributed by atoms with van der Waals surface area (Å²) in [6, 6.07) is 14.9. The van der Waals surface area contributed by atoms with Crippen molar-refractivity contribution >= 4 is 17.5 Å². The smallest absolute Gasteiger partial charge is 0.265 e. The molecule has 2 aromatic carbocycles. The van der Waals surface area contributed by atoms with Crippen LogP contribution in [-0.4, -0.2) is 50.5 Å². The summed E-state index contributed by atoms with van der Waals surface area (Å²) in [5, 5.41) is 2.93. The Balaban J connectivity index is 1.61. The lowest BCUT2D eigenvalue weighted by atomic mass is 10.1. The van der Waals surface area contributed by atoms with E-state index in [9.17, 15) is 9.59 Å². The van der Waals surface area contributed by atoms with Crippen LogP contribution in [0.2, 0.25) is 0 Å². The number of para-hydroxylation sites is 2. The number of ether oxygens (including phenoxy) is 1. The van der Waals surface area contributed by atoms with Crippen LogP contribution in [0.1, 0.15) is 22.3 Å². The molecule has 0 bridgehead atoms. The van der Waals surface area contributed by atoms with Crippen LogP contribution in [0.3, 0.4) is 0 Å². The lowest BCUT2D eigenvalue weighted by Crippen LogP contribution is -2.38. The summed E-state index contributed by atoms with van der Waals surface area (Å²) in [6.45, 7) is 2.08. The first-order valence-corrected chi connectivity index (χ1v) is 9.08. The van der Waals surface area contributed by atoms with E-state index in [0.29, 0.717) is 24.4 Å². The molecule has 0 atom stereocenters. The van der Waals surface area contributed by atoms with Crippen LogP contribution in [0.5, 0.6) is 5.75 Å². The van der Waals surface area contributed by atoms with Gasteiger partial charge in [-0.15, -0.1) is 0 Å². The van der Waals surface area contributed by atoms with Gasteiger partial charge in [0.2, 0.25) is 0 Å². The van der Waals surface area contributed by atoms with Crippen LogP contribution >= 0.6 is 0 Å². The van der Waals surface area contributed by atoms with E-state index in [2.05, 4.69) is 10.2 Å². The second kappa shape index (κ2) is 8.68.